The fourth-order valence-electron chi connectivity index (χ4n) is 9.72. The summed E-state index contributed by atoms with van der Waals surface area (Å²) in [6, 6.07) is 14.5. The van der Waals surface area contributed by atoms with Crippen LogP contribution in [0.5, 0.6) is 0 Å². The number of carbonyl (C=O) groups excluding carboxylic acids is 3. The van der Waals surface area contributed by atoms with E-state index in [2.05, 4.69) is 36.3 Å². The lowest BCUT2D eigenvalue weighted by Crippen LogP contribution is -2.52. The first-order valence-corrected chi connectivity index (χ1v) is 20.0. The summed E-state index contributed by atoms with van der Waals surface area (Å²) in [5, 5.41) is 9.71. The Morgan fingerprint density at radius 3 is 2.28 bits per heavy atom. The first-order chi connectivity index (χ1) is 27.5. The molecule has 1 aromatic heterocycles. The van der Waals surface area contributed by atoms with Gasteiger partial charge in [-0.1, -0.05) is 17.7 Å². The zero-order valence-electron chi connectivity index (χ0n) is 31.6. The van der Waals surface area contributed by atoms with Gasteiger partial charge >= 0.3 is 6.18 Å². The van der Waals surface area contributed by atoms with E-state index in [4.69, 9.17) is 0 Å². The van der Waals surface area contributed by atoms with Crippen LogP contribution in [-0.2, 0) is 22.6 Å². The number of H-pyrrole nitrogens is 1. The van der Waals surface area contributed by atoms with Crippen LogP contribution < -0.4 is 15.1 Å². The van der Waals surface area contributed by atoms with Crippen LogP contribution in [0.25, 0.3) is 16.5 Å². The van der Waals surface area contributed by atoms with Crippen LogP contribution in [0.3, 0.4) is 0 Å². The van der Waals surface area contributed by atoms with Crippen LogP contribution in [-0.4, -0.2) is 95.8 Å². The number of nitrogens with zero attached hydrogens (tertiary/aromatic N) is 5. The molecule has 5 heterocycles. The summed E-state index contributed by atoms with van der Waals surface area (Å²) >= 11 is 0. The molecule has 1 aliphatic carbocycles. The standard InChI is InChI=1S/C43H45F4N7O3/c44-36-21-34-33(35-23-48-50-40(35)36)3-1-2-28(22-43(45,46)47)39(34)27-4-6-30(7-5-27)52-14-12-26(13-15-52)24-51-16-18-53(19-17-51)31-8-9-32-29(20-31)25-54(42(32)57)37-10-11-38(55)49-41(37)56/h4-9,20-21,23,26,37H,1-3,10-19,22,24-25H2,(H,48,50)(H,49,55,56)/t37-/m0/s1. The summed E-state index contributed by atoms with van der Waals surface area (Å²) in [5.74, 6) is -0.823. The average molecular weight is 784 g/mol. The maximum atomic E-state index is 15.2. The van der Waals surface area contributed by atoms with Crippen LogP contribution in [0, 0.1) is 11.7 Å². The molecule has 0 unspecified atom stereocenters. The van der Waals surface area contributed by atoms with Gasteiger partial charge in [0.2, 0.25) is 11.8 Å². The molecule has 2 N–H and O–H groups in total. The molecule has 57 heavy (non-hydrogen) atoms. The Balaban J connectivity index is 0.807. The van der Waals surface area contributed by atoms with Crippen molar-refractivity contribution >= 4 is 45.6 Å². The van der Waals surface area contributed by atoms with Crippen molar-refractivity contribution in [1.29, 1.82) is 0 Å². The second-order valence-corrected chi connectivity index (χ2v) is 16.2. The second-order valence-electron chi connectivity index (χ2n) is 16.2. The molecule has 3 amide bonds. The van der Waals surface area contributed by atoms with Crippen LogP contribution in [0.1, 0.15) is 77.6 Å². The maximum absolute atomic E-state index is 15.2. The molecule has 0 radical (unpaired) electrons. The van der Waals surface area contributed by atoms with Gasteiger partial charge in [-0.15, -0.1) is 0 Å². The van der Waals surface area contributed by atoms with Gasteiger partial charge in [-0.25, -0.2) is 4.39 Å². The van der Waals surface area contributed by atoms with Gasteiger partial charge in [0.25, 0.3) is 5.91 Å². The highest BCUT2D eigenvalue weighted by Crippen LogP contribution is 2.43. The van der Waals surface area contributed by atoms with E-state index in [9.17, 15) is 27.6 Å². The Kier molecular flexibility index (Phi) is 9.78. The number of allylic oxidation sites excluding steroid dienone is 1. The number of carbonyl (C=O) groups is 3. The van der Waals surface area contributed by atoms with E-state index >= 15 is 4.39 Å². The third kappa shape index (κ3) is 7.39. The van der Waals surface area contributed by atoms with Crippen LogP contribution >= 0.6 is 0 Å². The van der Waals surface area contributed by atoms with Crippen molar-refractivity contribution in [2.75, 3.05) is 55.6 Å². The zero-order valence-corrected chi connectivity index (χ0v) is 31.6. The number of piperidine rings is 2. The Labute approximate surface area is 327 Å². The molecule has 4 aromatic rings. The molecule has 1 atom stereocenters. The minimum Gasteiger partial charge on any atom is -0.372 e. The molecular weight excluding hydrogens is 739 g/mol. The third-order valence-electron chi connectivity index (χ3n) is 12.6. The highest BCUT2D eigenvalue weighted by Gasteiger charge is 2.39. The minimum absolute atomic E-state index is 0.162. The van der Waals surface area contributed by atoms with Crippen molar-refractivity contribution in [3.05, 3.63) is 93.9 Å². The van der Waals surface area contributed by atoms with Gasteiger partial charge in [0.1, 0.15) is 17.4 Å². The molecular formula is C43H45F4N7O3. The van der Waals surface area contributed by atoms with E-state index in [1.54, 1.807) is 11.1 Å². The highest BCUT2D eigenvalue weighted by atomic mass is 19.4. The van der Waals surface area contributed by atoms with Crippen LogP contribution in [0.15, 0.2) is 60.3 Å². The highest BCUT2D eigenvalue weighted by molar-refractivity contribution is 6.05. The number of hydrogen-bond acceptors (Lipinski definition) is 7. The SMILES string of the molecule is O=C1CC[C@H](N2Cc3cc(N4CCN(CC5CCN(c6ccc(C7=C(CC(F)(F)F)CCCc8c7cc(F)c7[nH]ncc87)cc6)CC5)CC4)ccc3C2=O)C(=O)N1. The van der Waals surface area contributed by atoms with Gasteiger partial charge in [-0.2, -0.15) is 18.3 Å². The maximum Gasteiger partial charge on any atom is 0.392 e. The number of rotatable bonds is 7. The molecule has 5 aliphatic rings. The lowest BCUT2D eigenvalue weighted by molar-refractivity contribution is -0.137. The van der Waals surface area contributed by atoms with Crippen molar-refractivity contribution in [2.24, 2.45) is 5.92 Å². The normalized spacial score (nSPS) is 21.3. The predicted molar refractivity (Wildman–Crippen MR) is 208 cm³/mol. The first-order valence-electron chi connectivity index (χ1n) is 20.0. The monoisotopic (exact) mass is 783 g/mol. The van der Waals surface area contributed by atoms with Gasteiger partial charge in [-0.3, -0.25) is 29.7 Å². The van der Waals surface area contributed by atoms with Gasteiger partial charge in [0.05, 0.1) is 12.6 Å². The Bertz CT molecular complexity index is 2250. The Morgan fingerprint density at radius 2 is 1.54 bits per heavy atom. The van der Waals surface area contributed by atoms with E-state index in [-0.39, 0.29) is 30.2 Å². The summed E-state index contributed by atoms with van der Waals surface area (Å²) in [6.07, 6.45) is 0.202. The number of halogens is 4. The number of imide groups is 1. The molecule has 4 aliphatic heterocycles. The summed E-state index contributed by atoms with van der Waals surface area (Å²) < 4.78 is 56.8. The number of nitrogens with one attached hydrogen (secondary N) is 2. The average Bonchev–Trinajstić information content (AvgIpc) is 3.77. The van der Waals surface area contributed by atoms with Gasteiger partial charge in [-0.05, 0) is 109 Å². The quantitative estimate of drug-likeness (QED) is 0.161. The summed E-state index contributed by atoms with van der Waals surface area (Å²) in [4.78, 5) is 46.0. The van der Waals surface area contributed by atoms with E-state index < -0.39 is 30.4 Å². The Morgan fingerprint density at radius 1 is 0.807 bits per heavy atom. The fraction of sp³-hybridized carbons (Fsp3) is 0.442. The molecule has 10 nitrogen and oxygen atoms in total. The number of aromatic amines is 1. The molecule has 3 fully saturated rings. The summed E-state index contributed by atoms with van der Waals surface area (Å²) in [6.45, 7) is 6.79. The number of amides is 3. The van der Waals surface area contributed by atoms with Crippen molar-refractivity contribution in [1.82, 2.24) is 25.3 Å². The second kappa shape index (κ2) is 14.9. The van der Waals surface area contributed by atoms with Crippen LogP contribution in [0.2, 0.25) is 0 Å². The summed E-state index contributed by atoms with van der Waals surface area (Å²) in [7, 11) is 0. The molecule has 9 rings (SSSR count). The number of aryl methyl sites for hydroxylation is 1. The lowest BCUT2D eigenvalue weighted by atomic mass is 9.88. The van der Waals surface area contributed by atoms with Crippen molar-refractivity contribution < 1.29 is 31.9 Å². The smallest absolute Gasteiger partial charge is 0.372 e. The van der Waals surface area contributed by atoms with Crippen molar-refractivity contribution in [2.45, 2.75) is 70.1 Å². The van der Waals surface area contributed by atoms with Crippen LogP contribution in [0.4, 0.5) is 28.9 Å². The van der Waals surface area contributed by atoms with E-state index in [1.807, 2.05) is 36.4 Å². The zero-order chi connectivity index (χ0) is 39.4. The molecule has 0 saturated carbocycles. The van der Waals surface area contributed by atoms with E-state index in [0.29, 0.717) is 64.9 Å². The molecule has 0 spiro atoms. The van der Waals surface area contributed by atoms with Crippen molar-refractivity contribution in [3.8, 4) is 0 Å². The van der Waals surface area contributed by atoms with Crippen molar-refractivity contribution in [3.63, 3.8) is 0 Å². The number of piperazine rings is 1. The number of hydrogen-bond donors (Lipinski definition) is 2. The fourth-order valence-corrected chi connectivity index (χ4v) is 9.72. The number of benzene rings is 3. The van der Waals surface area contributed by atoms with Gasteiger partial charge < -0.3 is 14.7 Å². The number of aromatic nitrogens is 2. The predicted octanol–water partition coefficient (Wildman–Crippen LogP) is 6.59. The van der Waals surface area contributed by atoms with E-state index in [0.717, 1.165) is 81.2 Å². The Hall–Kier alpha value is -5.24. The molecule has 298 valence electrons. The largest absolute Gasteiger partial charge is 0.392 e. The minimum atomic E-state index is -4.38. The third-order valence-corrected chi connectivity index (χ3v) is 12.6. The molecule has 3 saturated heterocycles. The van der Waals surface area contributed by atoms with Gasteiger partial charge in [0, 0.05) is 81.1 Å². The first kappa shape index (κ1) is 37.3. The number of fused-ring (bicyclic) bond motifs is 4. The lowest BCUT2D eigenvalue weighted by Gasteiger charge is -2.40. The van der Waals surface area contributed by atoms with Gasteiger partial charge in [0.15, 0.2) is 0 Å². The molecule has 0 bridgehead atoms. The van der Waals surface area contributed by atoms with E-state index in [1.165, 1.54) is 6.07 Å². The number of alkyl halides is 3. The summed E-state index contributed by atoms with van der Waals surface area (Å²) in [5.41, 5.74) is 6.72. The topological polar surface area (TPSA) is 105 Å². The molecule has 14 heteroatoms. The number of anilines is 2. The molecule has 3 aromatic carbocycles.